The fraction of sp³-hybridized carbons (Fsp3) is 0.297. The summed E-state index contributed by atoms with van der Waals surface area (Å²) in [6.07, 6.45) is -0.408. The number of nitrogens with one attached hydrogen (secondary N) is 3. The third-order valence-corrected chi connectivity index (χ3v) is 7.83. The fourth-order valence-corrected chi connectivity index (χ4v) is 5.14. The number of methoxy groups -OCH3 is 1. The summed E-state index contributed by atoms with van der Waals surface area (Å²) in [4.78, 5) is 26.8. The van der Waals surface area contributed by atoms with Gasteiger partial charge in [0.1, 0.15) is 5.75 Å². The first-order valence-electron chi connectivity index (χ1n) is 15.0. The molecular formula is C37H43N3O4. The van der Waals surface area contributed by atoms with E-state index in [1.165, 1.54) is 5.56 Å². The Morgan fingerprint density at radius 3 is 2.05 bits per heavy atom. The minimum Gasteiger partial charge on any atom is -0.497 e. The van der Waals surface area contributed by atoms with Crippen molar-refractivity contribution in [3.05, 3.63) is 136 Å². The molecule has 0 bridgehead atoms. The highest BCUT2D eigenvalue weighted by Crippen LogP contribution is 2.20. The SMILES string of the molecule is COc1cccc([C@@H](C)NC(=O)c2cc(C)cc(C(=O)N[C@@H](Cc3ccccc3)[C@H](O)CN[C@H](C)c3ccc(C)cc3)c2)c1. The second-order valence-electron chi connectivity index (χ2n) is 11.4. The van der Waals surface area contributed by atoms with Gasteiger partial charge in [0.25, 0.3) is 11.8 Å². The summed E-state index contributed by atoms with van der Waals surface area (Å²) in [6, 6.07) is 29.9. The first kappa shape index (κ1) is 32.5. The number of aliphatic hydroxyl groups excluding tert-OH is 1. The molecule has 0 radical (unpaired) electrons. The lowest BCUT2D eigenvalue weighted by Crippen LogP contribution is -2.49. The Kier molecular flexibility index (Phi) is 11.3. The molecule has 0 fully saturated rings. The summed E-state index contributed by atoms with van der Waals surface area (Å²) in [6.45, 7) is 8.15. The molecule has 0 aliphatic carbocycles. The van der Waals surface area contributed by atoms with Crippen LogP contribution in [-0.2, 0) is 6.42 Å². The van der Waals surface area contributed by atoms with Gasteiger partial charge in [-0.05, 0) is 86.7 Å². The molecule has 0 spiro atoms. The smallest absolute Gasteiger partial charge is 0.251 e. The minimum absolute atomic E-state index is 0.0236. The van der Waals surface area contributed by atoms with Gasteiger partial charge in [-0.1, -0.05) is 72.3 Å². The number of benzene rings is 4. The van der Waals surface area contributed by atoms with Gasteiger partial charge in [-0.25, -0.2) is 0 Å². The van der Waals surface area contributed by atoms with Crippen molar-refractivity contribution in [2.75, 3.05) is 13.7 Å². The number of carbonyl (C=O) groups excluding carboxylic acids is 2. The quantitative estimate of drug-likeness (QED) is 0.156. The van der Waals surface area contributed by atoms with Crippen LogP contribution in [0.3, 0.4) is 0 Å². The molecule has 0 saturated carbocycles. The van der Waals surface area contributed by atoms with Crippen LogP contribution < -0.4 is 20.7 Å². The number of aryl methyl sites for hydroxylation is 2. The number of rotatable bonds is 13. The van der Waals surface area contributed by atoms with Crippen LogP contribution in [-0.4, -0.2) is 42.7 Å². The molecule has 0 aliphatic heterocycles. The highest BCUT2D eigenvalue weighted by Gasteiger charge is 2.24. The largest absolute Gasteiger partial charge is 0.497 e. The predicted molar refractivity (Wildman–Crippen MR) is 175 cm³/mol. The van der Waals surface area contributed by atoms with Crippen molar-refractivity contribution < 1.29 is 19.4 Å². The van der Waals surface area contributed by atoms with Crippen LogP contribution in [0.1, 0.15) is 74.5 Å². The van der Waals surface area contributed by atoms with Gasteiger partial charge in [0.05, 0.1) is 25.3 Å². The standard InChI is InChI=1S/C37H43N3O4/c1-24-14-16-29(17-15-24)26(3)38-23-35(41)34(20-28-10-7-6-8-11-28)40-37(43)32-19-25(2)18-31(21-32)36(42)39-27(4)30-12-9-13-33(22-30)44-5/h6-19,21-22,26-27,34-35,38,41H,20,23H2,1-5H3,(H,39,42)(H,40,43)/t26-,27-,34+,35-/m1/s1. The van der Waals surface area contributed by atoms with E-state index < -0.39 is 12.1 Å². The van der Waals surface area contributed by atoms with E-state index in [2.05, 4.69) is 54.1 Å². The molecular weight excluding hydrogens is 550 g/mol. The van der Waals surface area contributed by atoms with Gasteiger partial charge in [0, 0.05) is 23.7 Å². The van der Waals surface area contributed by atoms with Gasteiger partial charge in [0.2, 0.25) is 0 Å². The van der Waals surface area contributed by atoms with E-state index >= 15 is 0 Å². The molecule has 7 heteroatoms. The van der Waals surface area contributed by atoms with Gasteiger partial charge < -0.3 is 25.8 Å². The Morgan fingerprint density at radius 2 is 1.39 bits per heavy atom. The number of hydrogen-bond acceptors (Lipinski definition) is 5. The van der Waals surface area contributed by atoms with Gasteiger partial charge in [-0.2, -0.15) is 0 Å². The zero-order valence-corrected chi connectivity index (χ0v) is 26.1. The Hall–Kier alpha value is -4.46. The lowest BCUT2D eigenvalue weighted by atomic mass is 9.99. The van der Waals surface area contributed by atoms with E-state index in [4.69, 9.17) is 4.74 Å². The minimum atomic E-state index is -0.858. The van der Waals surface area contributed by atoms with Crippen molar-refractivity contribution in [3.63, 3.8) is 0 Å². The van der Waals surface area contributed by atoms with E-state index in [-0.39, 0.29) is 30.4 Å². The molecule has 0 heterocycles. The van der Waals surface area contributed by atoms with E-state index in [1.807, 2.05) is 68.4 Å². The molecule has 0 unspecified atom stereocenters. The zero-order chi connectivity index (χ0) is 31.6. The van der Waals surface area contributed by atoms with Gasteiger partial charge in [0.15, 0.2) is 0 Å². The third-order valence-electron chi connectivity index (χ3n) is 7.83. The molecule has 4 N–H and O–H groups in total. The molecule has 0 aliphatic rings. The van der Waals surface area contributed by atoms with E-state index in [1.54, 1.807) is 25.3 Å². The summed E-state index contributed by atoms with van der Waals surface area (Å²) >= 11 is 0. The van der Waals surface area contributed by atoms with Crippen LogP contribution in [0.2, 0.25) is 0 Å². The maximum atomic E-state index is 13.6. The number of amides is 2. The highest BCUT2D eigenvalue weighted by molar-refractivity contribution is 6.00. The molecule has 2 amide bonds. The topological polar surface area (TPSA) is 99.7 Å². The van der Waals surface area contributed by atoms with Gasteiger partial charge >= 0.3 is 0 Å². The molecule has 0 saturated heterocycles. The van der Waals surface area contributed by atoms with Crippen molar-refractivity contribution in [2.45, 2.75) is 58.3 Å². The van der Waals surface area contributed by atoms with Crippen LogP contribution in [0.5, 0.6) is 5.75 Å². The normalized spacial score (nSPS) is 13.8. The Labute approximate surface area is 260 Å². The number of aliphatic hydroxyl groups is 1. The summed E-state index contributed by atoms with van der Waals surface area (Å²) in [5.74, 6) is 0.0774. The Morgan fingerprint density at radius 1 is 0.727 bits per heavy atom. The van der Waals surface area contributed by atoms with Gasteiger partial charge in [-0.15, -0.1) is 0 Å². The summed E-state index contributed by atoms with van der Waals surface area (Å²) < 4.78 is 5.31. The van der Waals surface area contributed by atoms with Crippen LogP contribution in [0, 0.1) is 13.8 Å². The second kappa shape index (κ2) is 15.3. The second-order valence-corrected chi connectivity index (χ2v) is 11.4. The highest BCUT2D eigenvalue weighted by atomic mass is 16.5. The summed E-state index contributed by atoms with van der Waals surface area (Å²) in [5.41, 5.74) is 5.75. The lowest BCUT2D eigenvalue weighted by Gasteiger charge is -2.26. The van der Waals surface area contributed by atoms with Crippen molar-refractivity contribution in [1.82, 2.24) is 16.0 Å². The molecule has 4 aromatic carbocycles. The third kappa shape index (κ3) is 9.02. The number of hydrogen-bond donors (Lipinski definition) is 4. The average molecular weight is 594 g/mol. The fourth-order valence-electron chi connectivity index (χ4n) is 5.14. The molecule has 44 heavy (non-hydrogen) atoms. The van der Waals surface area contributed by atoms with Crippen LogP contribution >= 0.6 is 0 Å². The van der Waals surface area contributed by atoms with E-state index in [0.717, 1.165) is 22.3 Å². The van der Waals surface area contributed by atoms with Gasteiger partial charge in [-0.3, -0.25) is 9.59 Å². The predicted octanol–water partition coefficient (Wildman–Crippen LogP) is 5.86. The first-order chi connectivity index (χ1) is 21.1. The van der Waals surface area contributed by atoms with Crippen LogP contribution in [0.15, 0.2) is 97.1 Å². The average Bonchev–Trinajstić information content (AvgIpc) is 3.03. The summed E-state index contributed by atoms with van der Waals surface area (Å²) in [7, 11) is 1.60. The summed E-state index contributed by atoms with van der Waals surface area (Å²) in [5, 5.41) is 20.8. The lowest BCUT2D eigenvalue weighted by molar-refractivity contribution is 0.0825. The zero-order valence-electron chi connectivity index (χ0n) is 26.1. The molecule has 4 atom stereocenters. The maximum absolute atomic E-state index is 13.6. The Balaban J connectivity index is 1.47. The maximum Gasteiger partial charge on any atom is 0.251 e. The van der Waals surface area contributed by atoms with Crippen LogP contribution in [0.4, 0.5) is 0 Å². The van der Waals surface area contributed by atoms with Crippen molar-refractivity contribution in [1.29, 1.82) is 0 Å². The monoisotopic (exact) mass is 593 g/mol. The molecule has 4 rings (SSSR count). The molecule has 4 aromatic rings. The molecule has 230 valence electrons. The molecule has 7 nitrogen and oxygen atoms in total. The Bertz CT molecular complexity index is 1540. The van der Waals surface area contributed by atoms with Crippen LogP contribution in [0.25, 0.3) is 0 Å². The number of ether oxygens (including phenoxy) is 1. The molecule has 0 aromatic heterocycles. The van der Waals surface area contributed by atoms with Crippen molar-refractivity contribution in [3.8, 4) is 5.75 Å². The van der Waals surface area contributed by atoms with E-state index in [9.17, 15) is 14.7 Å². The first-order valence-corrected chi connectivity index (χ1v) is 15.0. The van der Waals surface area contributed by atoms with E-state index in [0.29, 0.717) is 23.3 Å². The van der Waals surface area contributed by atoms with Crippen molar-refractivity contribution >= 4 is 11.8 Å². The number of carbonyl (C=O) groups is 2. The van der Waals surface area contributed by atoms with Crippen molar-refractivity contribution in [2.24, 2.45) is 0 Å².